The van der Waals surface area contributed by atoms with Crippen LogP contribution in [-0.4, -0.2) is 31.7 Å². The number of nitrogens with one attached hydrogen (secondary N) is 1. The fourth-order valence-corrected chi connectivity index (χ4v) is 4.23. The first kappa shape index (κ1) is 20.6. The van der Waals surface area contributed by atoms with E-state index < -0.39 is 10.0 Å². The number of benzene rings is 2. The molecule has 0 bridgehead atoms. The Bertz CT molecular complexity index is 908. The lowest BCUT2D eigenvalue weighted by molar-refractivity contribution is 0.102. The average Bonchev–Trinajstić information content (AvgIpc) is 2.68. The van der Waals surface area contributed by atoms with E-state index in [0.717, 1.165) is 12.8 Å². The third-order valence-corrected chi connectivity index (χ3v) is 5.89. The van der Waals surface area contributed by atoms with E-state index in [0.29, 0.717) is 29.9 Å². The van der Waals surface area contributed by atoms with E-state index in [1.807, 2.05) is 19.9 Å². The molecule has 0 aliphatic carbocycles. The predicted octanol–water partition coefficient (Wildman–Crippen LogP) is 3.62. The number of carbonyl (C=O) groups is 1. The topological polar surface area (TPSA) is 90.3 Å². The summed E-state index contributed by atoms with van der Waals surface area (Å²) < 4.78 is 27.0. The molecule has 2 aromatic rings. The van der Waals surface area contributed by atoms with Crippen molar-refractivity contribution >= 4 is 21.6 Å². The zero-order chi connectivity index (χ0) is 19.9. The van der Waals surface area contributed by atoms with Crippen molar-refractivity contribution in [2.45, 2.75) is 31.6 Å². The summed E-state index contributed by atoms with van der Waals surface area (Å²) in [5.41, 5.74) is 1.43. The van der Waals surface area contributed by atoms with Crippen molar-refractivity contribution in [1.29, 1.82) is 5.26 Å². The molecule has 2 aromatic carbocycles. The molecule has 2 rings (SSSR count). The fraction of sp³-hybridized carbons (Fsp3) is 0.300. The monoisotopic (exact) mass is 385 g/mol. The van der Waals surface area contributed by atoms with Crippen molar-refractivity contribution in [3.05, 3.63) is 59.7 Å². The van der Waals surface area contributed by atoms with Gasteiger partial charge in [0.25, 0.3) is 5.91 Å². The Morgan fingerprint density at radius 2 is 1.56 bits per heavy atom. The predicted molar refractivity (Wildman–Crippen MR) is 105 cm³/mol. The van der Waals surface area contributed by atoms with E-state index >= 15 is 0 Å². The molecule has 0 spiro atoms. The van der Waals surface area contributed by atoms with Gasteiger partial charge in [0.1, 0.15) is 0 Å². The summed E-state index contributed by atoms with van der Waals surface area (Å²) in [6, 6.07) is 14.4. The molecule has 0 unspecified atom stereocenters. The van der Waals surface area contributed by atoms with Gasteiger partial charge in [0, 0.05) is 24.3 Å². The van der Waals surface area contributed by atoms with Crippen molar-refractivity contribution in [2.24, 2.45) is 0 Å². The lowest BCUT2D eigenvalue weighted by atomic mass is 10.2. The number of hydrogen-bond acceptors (Lipinski definition) is 4. The quantitative estimate of drug-likeness (QED) is 0.751. The Morgan fingerprint density at radius 1 is 1.00 bits per heavy atom. The van der Waals surface area contributed by atoms with Gasteiger partial charge >= 0.3 is 0 Å². The Labute approximate surface area is 160 Å². The van der Waals surface area contributed by atoms with Gasteiger partial charge in [-0.15, -0.1) is 0 Å². The van der Waals surface area contributed by atoms with Gasteiger partial charge in [-0.1, -0.05) is 13.8 Å². The highest BCUT2D eigenvalue weighted by Gasteiger charge is 2.23. The van der Waals surface area contributed by atoms with Gasteiger partial charge in [0.15, 0.2) is 0 Å². The molecule has 6 nitrogen and oxygen atoms in total. The van der Waals surface area contributed by atoms with Crippen LogP contribution in [-0.2, 0) is 10.0 Å². The molecule has 0 saturated heterocycles. The minimum absolute atomic E-state index is 0.180. The highest BCUT2D eigenvalue weighted by molar-refractivity contribution is 7.89. The molecule has 142 valence electrons. The molecular weight excluding hydrogens is 362 g/mol. The number of rotatable bonds is 8. The number of anilines is 1. The normalized spacial score (nSPS) is 11.2. The second kappa shape index (κ2) is 9.31. The van der Waals surface area contributed by atoms with Crippen LogP contribution >= 0.6 is 0 Å². The first-order valence-electron chi connectivity index (χ1n) is 8.84. The first-order chi connectivity index (χ1) is 12.9. The van der Waals surface area contributed by atoms with Crippen LogP contribution < -0.4 is 5.32 Å². The van der Waals surface area contributed by atoms with Crippen molar-refractivity contribution in [3.63, 3.8) is 0 Å². The van der Waals surface area contributed by atoms with Gasteiger partial charge < -0.3 is 5.32 Å². The third-order valence-electron chi connectivity index (χ3n) is 3.97. The van der Waals surface area contributed by atoms with Crippen LogP contribution in [0.3, 0.4) is 0 Å². The average molecular weight is 385 g/mol. The van der Waals surface area contributed by atoms with Gasteiger partial charge in [-0.2, -0.15) is 9.57 Å². The minimum Gasteiger partial charge on any atom is -0.322 e. The summed E-state index contributed by atoms with van der Waals surface area (Å²) in [6.45, 7) is 4.82. The smallest absolute Gasteiger partial charge is 0.255 e. The van der Waals surface area contributed by atoms with Crippen LogP contribution in [0.25, 0.3) is 0 Å². The van der Waals surface area contributed by atoms with Crippen molar-refractivity contribution in [1.82, 2.24) is 4.31 Å². The summed E-state index contributed by atoms with van der Waals surface area (Å²) in [5.74, 6) is -0.345. The lowest BCUT2D eigenvalue weighted by Crippen LogP contribution is -2.32. The summed E-state index contributed by atoms with van der Waals surface area (Å²) in [5, 5.41) is 11.5. The molecule has 0 radical (unpaired) electrons. The van der Waals surface area contributed by atoms with E-state index in [4.69, 9.17) is 5.26 Å². The van der Waals surface area contributed by atoms with E-state index in [1.165, 1.54) is 28.6 Å². The molecule has 27 heavy (non-hydrogen) atoms. The molecule has 0 atom stereocenters. The van der Waals surface area contributed by atoms with Gasteiger partial charge in [0.2, 0.25) is 10.0 Å². The number of hydrogen-bond donors (Lipinski definition) is 1. The molecule has 1 N–H and O–H groups in total. The first-order valence-corrected chi connectivity index (χ1v) is 10.3. The van der Waals surface area contributed by atoms with Crippen LogP contribution in [0.15, 0.2) is 53.4 Å². The zero-order valence-electron chi connectivity index (χ0n) is 15.5. The zero-order valence-corrected chi connectivity index (χ0v) is 16.3. The van der Waals surface area contributed by atoms with Gasteiger partial charge in [-0.3, -0.25) is 4.79 Å². The van der Waals surface area contributed by atoms with E-state index in [2.05, 4.69) is 5.32 Å². The molecule has 0 aliphatic rings. The van der Waals surface area contributed by atoms with Gasteiger partial charge in [0.05, 0.1) is 16.5 Å². The molecule has 0 saturated carbocycles. The standard InChI is InChI=1S/C20H23N3O3S/c1-3-13-23(14-4-2)27(25,26)19-11-7-17(8-12-19)20(24)22-18-9-5-16(15-21)6-10-18/h5-12H,3-4,13-14H2,1-2H3,(H,22,24). The Kier molecular flexibility index (Phi) is 7.11. The Morgan fingerprint density at radius 3 is 2.04 bits per heavy atom. The fourth-order valence-electron chi connectivity index (χ4n) is 2.61. The number of sulfonamides is 1. The highest BCUT2D eigenvalue weighted by Crippen LogP contribution is 2.18. The second-order valence-electron chi connectivity index (χ2n) is 6.07. The molecule has 0 heterocycles. The van der Waals surface area contributed by atoms with Crippen LogP contribution in [0.5, 0.6) is 0 Å². The summed E-state index contributed by atoms with van der Waals surface area (Å²) in [4.78, 5) is 12.5. The van der Waals surface area contributed by atoms with Crippen LogP contribution in [0.4, 0.5) is 5.69 Å². The molecule has 0 fully saturated rings. The maximum absolute atomic E-state index is 12.7. The van der Waals surface area contributed by atoms with E-state index in [9.17, 15) is 13.2 Å². The number of nitriles is 1. The summed E-state index contributed by atoms with van der Waals surface area (Å²) >= 11 is 0. The molecule has 1 amide bonds. The largest absolute Gasteiger partial charge is 0.322 e. The minimum atomic E-state index is -3.56. The molecular formula is C20H23N3O3S. The molecule has 0 aliphatic heterocycles. The Hall–Kier alpha value is -2.69. The van der Waals surface area contributed by atoms with Crippen molar-refractivity contribution < 1.29 is 13.2 Å². The summed E-state index contributed by atoms with van der Waals surface area (Å²) in [7, 11) is -3.56. The van der Waals surface area contributed by atoms with E-state index in [1.54, 1.807) is 24.3 Å². The van der Waals surface area contributed by atoms with Crippen LogP contribution in [0.1, 0.15) is 42.6 Å². The number of amides is 1. The third kappa shape index (κ3) is 5.16. The number of nitrogens with zero attached hydrogens (tertiary/aromatic N) is 2. The van der Waals surface area contributed by atoms with E-state index in [-0.39, 0.29) is 10.8 Å². The van der Waals surface area contributed by atoms with Crippen LogP contribution in [0, 0.1) is 11.3 Å². The van der Waals surface area contributed by atoms with Gasteiger partial charge in [-0.05, 0) is 61.4 Å². The van der Waals surface area contributed by atoms with Crippen molar-refractivity contribution in [2.75, 3.05) is 18.4 Å². The SMILES string of the molecule is CCCN(CCC)S(=O)(=O)c1ccc(C(=O)Nc2ccc(C#N)cc2)cc1. The van der Waals surface area contributed by atoms with Gasteiger partial charge in [-0.25, -0.2) is 8.42 Å². The summed E-state index contributed by atoms with van der Waals surface area (Å²) in [6.07, 6.45) is 1.48. The van der Waals surface area contributed by atoms with Crippen molar-refractivity contribution in [3.8, 4) is 6.07 Å². The lowest BCUT2D eigenvalue weighted by Gasteiger charge is -2.21. The molecule has 0 aromatic heterocycles. The maximum atomic E-state index is 12.7. The van der Waals surface area contributed by atoms with Crippen LogP contribution in [0.2, 0.25) is 0 Å². The number of carbonyl (C=O) groups excluding carboxylic acids is 1. The Balaban J connectivity index is 2.15. The highest BCUT2D eigenvalue weighted by atomic mass is 32.2. The maximum Gasteiger partial charge on any atom is 0.255 e. The molecule has 7 heteroatoms. The second-order valence-corrected chi connectivity index (χ2v) is 8.01.